The van der Waals surface area contributed by atoms with Gasteiger partial charge in [0.25, 0.3) is 0 Å². The second-order valence-electron chi connectivity index (χ2n) is 5.55. The third kappa shape index (κ3) is 4.40. The Kier molecular flexibility index (Phi) is 5.85. The number of carbonyl (C=O) groups is 3. The monoisotopic (exact) mass is 371 g/mol. The summed E-state index contributed by atoms with van der Waals surface area (Å²) in [5, 5.41) is 8.97. The molecule has 1 aromatic carbocycles. The second kappa shape index (κ2) is 8.48. The molecule has 0 spiro atoms. The van der Waals surface area contributed by atoms with Gasteiger partial charge in [-0.05, 0) is 30.7 Å². The molecule has 8 heteroatoms. The molecule has 1 aromatic heterocycles. The Hall–Kier alpha value is -2.87. The second-order valence-corrected chi connectivity index (χ2v) is 6.68. The van der Waals surface area contributed by atoms with Crippen LogP contribution in [0, 0.1) is 0 Å². The largest absolute Gasteiger partial charge is 0.412 e. The summed E-state index contributed by atoms with van der Waals surface area (Å²) in [7, 11) is 0. The summed E-state index contributed by atoms with van der Waals surface area (Å²) in [5.74, 6) is 0.757. The van der Waals surface area contributed by atoms with E-state index in [0.717, 1.165) is 12.8 Å². The maximum Gasteiger partial charge on any atom is 0.412 e. The Labute approximate surface area is 154 Å². The highest BCUT2D eigenvalue weighted by Crippen LogP contribution is 2.27. The lowest BCUT2D eigenvalue weighted by atomic mass is 10.0. The van der Waals surface area contributed by atoms with Crippen LogP contribution < -0.4 is 10.1 Å². The van der Waals surface area contributed by atoms with Gasteiger partial charge >= 0.3 is 6.09 Å². The summed E-state index contributed by atoms with van der Waals surface area (Å²) in [6, 6.07) is 8.84. The number of ether oxygens (including phenoxy) is 1. The lowest BCUT2D eigenvalue weighted by molar-refractivity contribution is 0.0989. The summed E-state index contributed by atoms with van der Waals surface area (Å²) >= 11 is 1.34. The molecule has 26 heavy (non-hydrogen) atoms. The number of allylic oxidation sites excluding steroid dienone is 2. The number of benzene rings is 1. The number of hydrogen-bond acceptors (Lipinski definition) is 6. The van der Waals surface area contributed by atoms with E-state index < -0.39 is 6.09 Å². The van der Waals surface area contributed by atoms with E-state index in [2.05, 4.69) is 15.5 Å². The maximum absolute atomic E-state index is 12.2. The Morgan fingerprint density at radius 3 is 2.81 bits per heavy atom. The summed E-state index contributed by atoms with van der Waals surface area (Å²) in [5.41, 5.74) is 0.575. The fourth-order valence-corrected chi connectivity index (χ4v) is 3.37. The molecule has 1 amide bonds. The van der Waals surface area contributed by atoms with Crippen molar-refractivity contribution in [1.29, 1.82) is 0 Å². The number of carbonyl (C=O) groups excluding carboxylic acids is 3. The summed E-state index contributed by atoms with van der Waals surface area (Å²) < 4.78 is 5.11. The fraction of sp³-hybridized carbons (Fsp3) is 0.222. The van der Waals surface area contributed by atoms with Crippen molar-refractivity contribution in [3.8, 4) is 5.75 Å². The van der Waals surface area contributed by atoms with Crippen LogP contribution in [0.2, 0.25) is 0 Å². The normalized spacial score (nSPS) is 13.2. The number of nitrogens with one attached hydrogen (secondary N) is 2. The minimum absolute atomic E-state index is 0.178. The average Bonchev–Trinajstić information content (AvgIpc) is 3.13. The Morgan fingerprint density at radius 1 is 1.19 bits per heavy atom. The number of ketones is 2. The molecule has 0 saturated carbocycles. The SMILES string of the molecule is O=C(NCCCCSC1=CC(=O)c2[nH]ncc2C1=O)Oc1ccccc1. The minimum atomic E-state index is -0.493. The van der Waals surface area contributed by atoms with Crippen LogP contribution in [0.15, 0.2) is 47.5 Å². The van der Waals surface area contributed by atoms with Gasteiger partial charge in [-0.2, -0.15) is 5.10 Å². The standard InChI is InChI=1S/C18H17N3O4S/c22-14-10-15(17(23)13-11-20-21-16(13)14)26-9-5-4-8-19-18(24)25-12-6-2-1-3-7-12/h1-3,6-7,10-11H,4-5,8-9H2,(H,19,24)(H,20,21). The van der Waals surface area contributed by atoms with E-state index in [1.54, 1.807) is 24.3 Å². The van der Waals surface area contributed by atoms with Gasteiger partial charge in [0.15, 0.2) is 0 Å². The first-order valence-electron chi connectivity index (χ1n) is 8.13. The molecule has 1 aliphatic carbocycles. The van der Waals surface area contributed by atoms with Crippen molar-refractivity contribution in [3.05, 3.63) is 58.8 Å². The first-order chi connectivity index (χ1) is 12.6. The van der Waals surface area contributed by atoms with Crippen LogP contribution >= 0.6 is 11.8 Å². The highest BCUT2D eigenvalue weighted by Gasteiger charge is 2.27. The van der Waals surface area contributed by atoms with Crippen molar-refractivity contribution in [3.63, 3.8) is 0 Å². The molecule has 0 fully saturated rings. The molecule has 0 bridgehead atoms. The summed E-state index contributed by atoms with van der Waals surface area (Å²) in [4.78, 5) is 36.2. The number of unbranched alkanes of at least 4 members (excludes halogenated alkanes) is 1. The molecule has 134 valence electrons. The third-order valence-corrected chi connectivity index (χ3v) is 4.78. The van der Waals surface area contributed by atoms with Crippen LogP contribution in [0.4, 0.5) is 4.79 Å². The molecule has 0 saturated heterocycles. The Balaban J connectivity index is 1.34. The maximum atomic E-state index is 12.2. The molecule has 1 heterocycles. The van der Waals surface area contributed by atoms with E-state index in [-0.39, 0.29) is 17.3 Å². The van der Waals surface area contributed by atoms with Crippen molar-refractivity contribution < 1.29 is 19.1 Å². The molecule has 2 N–H and O–H groups in total. The minimum Gasteiger partial charge on any atom is -0.410 e. The van der Waals surface area contributed by atoms with E-state index in [9.17, 15) is 14.4 Å². The number of amides is 1. The van der Waals surface area contributed by atoms with Crippen LogP contribution in [0.5, 0.6) is 5.75 Å². The number of aromatic nitrogens is 2. The van der Waals surface area contributed by atoms with Gasteiger partial charge in [-0.3, -0.25) is 14.7 Å². The quantitative estimate of drug-likeness (QED) is 0.726. The zero-order valence-corrected chi connectivity index (χ0v) is 14.7. The van der Waals surface area contributed by atoms with E-state index in [1.165, 1.54) is 24.0 Å². The smallest absolute Gasteiger partial charge is 0.410 e. The number of H-pyrrole nitrogens is 1. The molecule has 0 radical (unpaired) electrons. The van der Waals surface area contributed by atoms with Crippen molar-refractivity contribution in [1.82, 2.24) is 15.5 Å². The fourth-order valence-electron chi connectivity index (χ4n) is 2.37. The Morgan fingerprint density at radius 2 is 2.00 bits per heavy atom. The first-order valence-corrected chi connectivity index (χ1v) is 9.11. The van der Waals surface area contributed by atoms with Crippen LogP contribution in [0.1, 0.15) is 33.7 Å². The van der Waals surface area contributed by atoms with Crippen molar-refractivity contribution in [2.45, 2.75) is 12.8 Å². The Bertz CT molecular complexity index is 845. The topological polar surface area (TPSA) is 101 Å². The predicted octanol–water partition coefficient (Wildman–Crippen LogP) is 2.97. The zero-order valence-electron chi connectivity index (χ0n) is 13.9. The molecule has 2 aromatic rings. The van der Waals surface area contributed by atoms with E-state index in [0.29, 0.717) is 28.5 Å². The molecule has 0 aliphatic heterocycles. The number of thioether (sulfide) groups is 1. The molecular formula is C18H17N3O4S. The predicted molar refractivity (Wildman–Crippen MR) is 97.5 cm³/mol. The van der Waals surface area contributed by atoms with Gasteiger partial charge in [0.1, 0.15) is 11.4 Å². The van der Waals surface area contributed by atoms with Gasteiger partial charge in [-0.15, -0.1) is 11.8 Å². The molecule has 0 unspecified atom stereocenters. The molecule has 0 atom stereocenters. The molecular weight excluding hydrogens is 354 g/mol. The van der Waals surface area contributed by atoms with Crippen molar-refractivity contribution >= 4 is 29.4 Å². The molecule has 7 nitrogen and oxygen atoms in total. The number of aromatic amines is 1. The van der Waals surface area contributed by atoms with Gasteiger partial charge in [0, 0.05) is 12.6 Å². The number of nitrogens with zero attached hydrogens (tertiary/aromatic N) is 1. The van der Waals surface area contributed by atoms with Gasteiger partial charge in [0.2, 0.25) is 11.6 Å². The third-order valence-electron chi connectivity index (χ3n) is 3.67. The van der Waals surface area contributed by atoms with Crippen LogP contribution in [-0.2, 0) is 0 Å². The lowest BCUT2D eigenvalue weighted by Gasteiger charge is -2.10. The molecule has 1 aliphatic rings. The van der Waals surface area contributed by atoms with E-state index in [1.807, 2.05) is 6.07 Å². The number of fused-ring (bicyclic) bond motifs is 1. The van der Waals surface area contributed by atoms with Crippen molar-refractivity contribution in [2.24, 2.45) is 0 Å². The lowest BCUT2D eigenvalue weighted by Crippen LogP contribution is -2.27. The van der Waals surface area contributed by atoms with E-state index in [4.69, 9.17) is 4.74 Å². The first kappa shape index (κ1) is 17.9. The number of Topliss-reactive ketones (excluding diaryl/α,β-unsaturated/α-hetero) is 1. The van der Waals surface area contributed by atoms with Crippen LogP contribution in [0.25, 0.3) is 0 Å². The highest BCUT2D eigenvalue weighted by atomic mass is 32.2. The van der Waals surface area contributed by atoms with Gasteiger partial charge in [0.05, 0.1) is 16.7 Å². The molecule has 3 rings (SSSR count). The summed E-state index contributed by atoms with van der Waals surface area (Å²) in [6.07, 6.45) is 3.76. The van der Waals surface area contributed by atoms with E-state index >= 15 is 0 Å². The van der Waals surface area contributed by atoms with Gasteiger partial charge in [-0.25, -0.2) is 4.79 Å². The van der Waals surface area contributed by atoms with Gasteiger partial charge in [-0.1, -0.05) is 18.2 Å². The number of rotatable bonds is 7. The van der Waals surface area contributed by atoms with Crippen LogP contribution in [0.3, 0.4) is 0 Å². The zero-order chi connectivity index (χ0) is 18.4. The highest BCUT2D eigenvalue weighted by molar-refractivity contribution is 8.04. The summed E-state index contributed by atoms with van der Waals surface area (Å²) in [6.45, 7) is 0.476. The number of para-hydroxylation sites is 1. The van der Waals surface area contributed by atoms with Crippen LogP contribution in [-0.4, -0.2) is 40.2 Å². The van der Waals surface area contributed by atoms with Crippen molar-refractivity contribution in [2.75, 3.05) is 12.3 Å². The van der Waals surface area contributed by atoms with Gasteiger partial charge < -0.3 is 10.1 Å². The number of hydrogen-bond donors (Lipinski definition) is 2. The average molecular weight is 371 g/mol.